The van der Waals surface area contributed by atoms with E-state index in [0.29, 0.717) is 30.9 Å². The molecular formula is C10H8N2O3. The molecule has 0 amide bonds. The highest BCUT2D eigenvalue weighted by atomic mass is 16.5. The fourth-order valence-corrected chi connectivity index (χ4v) is 1.66. The minimum absolute atomic E-state index is 0.0748. The normalized spacial score (nSPS) is 14.1. The maximum atomic E-state index is 11.0. The van der Waals surface area contributed by atoms with Crippen molar-refractivity contribution in [2.24, 2.45) is 0 Å². The Morgan fingerprint density at radius 2 is 2.47 bits per heavy atom. The highest BCUT2D eigenvalue weighted by Gasteiger charge is 2.22. The summed E-state index contributed by atoms with van der Waals surface area (Å²) in [6.45, 7) is 0.797. The summed E-state index contributed by atoms with van der Waals surface area (Å²) in [7, 11) is 0. The average molecular weight is 204 g/mol. The van der Waals surface area contributed by atoms with Crippen molar-refractivity contribution < 1.29 is 14.6 Å². The van der Waals surface area contributed by atoms with Crippen LogP contribution in [0.5, 0.6) is 0 Å². The zero-order chi connectivity index (χ0) is 10.8. The number of nitrogens with zero attached hydrogens (tertiary/aromatic N) is 2. The molecule has 0 atom stereocenters. The van der Waals surface area contributed by atoms with Crippen molar-refractivity contribution in [1.29, 1.82) is 5.26 Å². The lowest BCUT2D eigenvalue weighted by atomic mass is 9.98. The van der Waals surface area contributed by atoms with Crippen LogP contribution in [0.15, 0.2) is 6.20 Å². The van der Waals surface area contributed by atoms with Gasteiger partial charge in [-0.1, -0.05) is 0 Å². The van der Waals surface area contributed by atoms with Gasteiger partial charge in [0.05, 0.1) is 30.0 Å². The molecule has 0 spiro atoms. The molecule has 0 aromatic carbocycles. The lowest BCUT2D eigenvalue weighted by Gasteiger charge is -2.17. The maximum absolute atomic E-state index is 11.0. The molecule has 1 aliphatic rings. The van der Waals surface area contributed by atoms with Gasteiger partial charge >= 0.3 is 5.97 Å². The van der Waals surface area contributed by atoms with Crippen molar-refractivity contribution in [3.8, 4) is 6.07 Å². The minimum Gasteiger partial charge on any atom is -0.478 e. The van der Waals surface area contributed by atoms with Gasteiger partial charge in [-0.3, -0.25) is 4.98 Å². The van der Waals surface area contributed by atoms with E-state index in [-0.39, 0.29) is 11.1 Å². The van der Waals surface area contributed by atoms with E-state index >= 15 is 0 Å². The summed E-state index contributed by atoms with van der Waals surface area (Å²) in [4.78, 5) is 15.1. The molecule has 0 saturated heterocycles. The fourth-order valence-electron chi connectivity index (χ4n) is 1.66. The number of aromatic nitrogens is 1. The SMILES string of the molecule is N#Cc1cnc2c(c1C(=O)O)CCOC2. The van der Waals surface area contributed by atoms with Crippen LogP contribution in [0.2, 0.25) is 0 Å². The molecule has 15 heavy (non-hydrogen) atoms. The van der Waals surface area contributed by atoms with Crippen molar-refractivity contribution in [2.75, 3.05) is 6.61 Å². The van der Waals surface area contributed by atoms with E-state index in [4.69, 9.17) is 15.1 Å². The number of carboxylic acids is 1. The smallest absolute Gasteiger partial charge is 0.337 e. The van der Waals surface area contributed by atoms with Crippen LogP contribution < -0.4 is 0 Å². The maximum Gasteiger partial charge on any atom is 0.337 e. The van der Waals surface area contributed by atoms with Gasteiger partial charge in [-0.2, -0.15) is 5.26 Å². The molecule has 2 rings (SSSR count). The van der Waals surface area contributed by atoms with Gasteiger partial charge in [-0.15, -0.1) is 0 Å². The topological polar surface area (TPSA) is 83.2 Å². The Morgan fingerprint density at radius 3 is 3.13 bits per heavy atom. The Bertz CT molecular complexity index is 462. The minimum atomic E-state index is -1.08. The van der Waals surface area contributed by atoms with Gasteiger partial charge < -0.3 is 9.84 Å². The lowest BCUT2D eigenvalue weighted by molar-refractivity contribution is 0.0688. The monoisotopic (exact) mass is 204 g/mol. The van der Waals surface area contributed by atoms with E-state index in [1.807, 2.05) is 6.07 Å². The van der Waals surface area contributed by atoms with E-state index in [0.717, 1.165) is 0 Å². The lowest BCUT2D eigenvalue weighted by Crippen LogP contribution is -2.17. The molecule has 1 aromatic rings. The first-order valence-corrected chi connectivity index (χ1v) is 4.46. The first kappa shape index (κ1) is 9.62. The Balaban J connectivity index is 2.66. The number of ether oxygens (including phenoxy) is 1. The van der Waals surface area contributed by atoms with E-state index < -0.39 is 5.97 Å². The standard InChI is InChI=1S/C10H8N2O3/c11-3-6-4-12-8-5-15-2-1-7(8)9(6)10(13)14/h4H,1-2,5H2,(H,13,14). The predicted octanol–water partition coefficient (Wildman–Crippen LogP) is 0.724. The number of pyridine rings is 1. The molecule has 1 N–H and O–H groups in total. The first-order chi connectivity index (χ1) is 7.24. The summed E-state index contributed by atoms with van der Waals surface area (Å²) in [5.74, 6) is -1.08. The number of hydrogen-bond donors (Lipinski definition) is 1. The summed E-state index contributed by atoms with van der Waals surface area (Å²) in [6, 6.07) is 1.84. The molecule has 0 bridgehead atoms. The molecule has 2 heterocycles. The van der Waals surface area contributed by atoms with E-state index in [1.54, 1.807) is 0 Å². The van der Waals surface area contributed by atoms with Crippen LogP contribution >= 0.6 is 0 Å². The second-order valence-corrected chi connectivity index (χ2v) is 3.19. The van der Waals surface area contributed by atoms with Crippen LogP contribution in [0.4, 0.5) is 0 Å². The second-order valence-electron chi connectivity index (χ2n) is 3.19. The van der Waals surface area contributed by atoms with Crippen molar-refractivity contribution >= 4 is 5.97 Å². The fraction of sp³-hybridized carbons (Fsp3) is 0.300. The molecule has 76 valence electrons. The molecular weight excluding hydrogens is 196 g/mol. The average Bonchev–Trinajstić information content (AvgIpc) is 2.27. The molecule has 0 saturated carbocycles. The Hall–Kier alpha value is -1.93. The molecule has 0 fully saturated rings. The van der Waals surface area contributed by atoms with Gasteiger partial charge in [-0.05, 0) is 12.0 Å². The summed E-state index contributed by atoms with van der Waals surface area (Å²) in [5, 5.41) is 17.8. The van der Waals surface area contributed by atoms with Gasteiger partial charge in [0, 0.05) is 6.20 Å². The largest absolute Gasteiger partial charge is 0.478 e. The third-order valence-electron chi connectivity index (χ3n) is 2.34. The zero-order valence-electron chi connectivity index (χ0n) is 7.86. The van der Waals surface area contributed by atoms with Crippen molar-refractivity contribution in [1.82, 2.24) is 4.98 Å². The number of aromatic carboxylic acids is 1. The molecule has 0 aliphatic carbocycles. The Morgan fingerprint density at radius 1 is 1.67 bits per heavy atom. The van der Waals surface area contributed by atoms with Gasteiger partial charge in [0.1, 0.15) is 6.07 Å². The molecule has 0 unspecified atom stereocenters. The second kappa shape index (κ2) is 3.67. The van der Waals surface area contributed by atoms with Crippen molar-refractivity contribution in [3.05, 3.63) is 28.6 Å². The van der Waals surface area contributed by atoms with Gasteiger partial charge in [0.2, 0.25) is 0 Å². The molecule has 5 nitrogen and oxygen atoms in total. The molecule has 1 aliphatic heterocycles. The molecule has 0 radical (unpaired) electrons. The summed E-state index contributed by atoms with van der Waals surface area (Å²) in [6.07, 6.45) is 1.79. The third kappa shape index (κ3) is 1.55. The van der Waals surface area contributed by atoms with Crippen LogP contribution in [0.25, 0.3) is 0 Å². The van der Waals surface area contributed by atoms with Crippen molar-refractivity contribution in [2.45, 2.75) is 13.0 Å². The van der Waals surface area contributed by atoms with Crippen LogP contribution in [0, 0.1) is 11.3 Å². The summed E-state index contributed by atoms with van der Waals surface area (Å²) >= 11 is 0. The number of nitriles is 1. The molecule has 5 heteroatoms. The number of rotatable bonds is 1. The first-order valence-electron chi connectivity index (χ1n) is 4.46. The van der Waals surface area contributed by atoms with Crippen molar-refractivity contribution in [3.63, 3.8) is 0 Å². The number of fused-ring (bicyclic) bond motifs is 1. The van der Waals surface area contributed by atoms with Crippen LogP contribution in [-0.2, 0) is 17.8 Å². The Labute approximate surface area is 85.9 Å². The molecule has 1 aromatic heterocycles. The van der Waals surface area contributed by atoms with Gasteiger partial charge in [-0.25, -0.2) is 4.79 Å². The van der Waals surface area contributed by atoms with Gasteiger partial charge in [0.15, 0.2) is 0 Å². The van der Waals surface area contributed by atoms with Crippen LogP contribution in [0.3, 0.4) is 0 Å². The van der Waals surface area contributed by atoms with E-state index in [1.165, 1.54) is 6.20 Å². The van der Waals surface area contributed by atoms with Crippen LogP contribution in [0.1, 0.15) is 27.2 Å². The third-order valence-corrected chi connectivity index (χ3v) is 2.34. The number of carboxylic acid groups (broad SMARTS) is 1. The van der Waals surface area contributed by atoms with Gasteiger partial charge in [0.25, 0.3) is 0 Å². The summed E-state index contributed by atoms with van der Waals surface area (Å²) in [5.41, 5.74) is 1.44. The van der Waals surface area contributed by atoms with E-state index in [9.17, 15) is 4.79 Å². The van der Waals surface area contributed by atoms with E-state index in [2.05, 4.69) is 4.98 Å². The summed E-state index contributed by atoms with van der Waals surface area (Å²) < 4.78 is 5.17. The highest BCUT2D eigenvalue weighted by Crippen LogP contribution is 2.21. The quantitative estimate of drug-likeness (QED) is 0.728. The highest BCUT2D eigenvalue weighted by molar-refractivity contribution is 5.92. The number of hydrogen-bond acceptors (Lipinski definition) is 4. The Kier molecular flexibility index (Phi) is 2.35. The number of carbonyl (C=O) groups is 1. The van der Waals surface area contributed by atoms with Crippen LogP contribution in [-0.4, -0.2) is 22.7 Å². The predicted molar refractivity (Wildman–Crippen MR) is 49.3 cm³/mol. The zero-order valence-corrected chi connectivity index (χ0v) is 7.86.